The van der Waals surface area contributed by atoms with E-state index in [2.05, 4.69) is 5.43 Å². The molecule has 0 atom stereocenters. The lowest BCUT2D eigenvalue weighted by Crippen LogP contribution is -2.05. The summed E-state index contributed by atoms with van der Waals surface area (Å²) in [4.78, 5) is 0. The van der Waals surface area contributed by atoms with Gasteiger partial charge in [0.05, 0.1) is 6.26 Å². The van der Waals surface area contributed by atoms with Crippen molar-refractivity contribution >= 4 is 29.1 Å². The lowest BCUT2D eigenvalue weighted by Gasteiger charge is -1.96. The summed E-state index contributed by atoms with van der Waals surface area (Å²) in [5.41, 5.74) is 4.33. The number of hydrogen-bond donors (Lipinski definition) is 2. The fourth-order valence-electron chi connectivity index (χ4n) is 1.06. The van der Waals surface area contributed by atoms with Crippen molar-refractivity contribution in [2.75, 3.05) is 5.43 Å². The van der Waals surface area contributed by atoms with Gasteiger partial charge in [-0.2, -0.15) is 0 Å². The average Bonchev–Trinajstić information content (AvgIpc) is 2.50. The van der Waals surface area contributed by atoms with Crippen LogP contribution >= 0.6 is 12.4 Å². The van der Waals surface area contributed by atoms with E-state index in [-0.39, 0.29) is 12.4 Å². The highest BCUT2D eigenvalue weighted by Crippen LogP contribution is 2.18. The second kappa shape index (κ2) is 3.47. The minimum atomic E-state index is 0. The molecule has 0 saturated heterocycles. The van der Waals surface area contributed by atoms with E-state index in [9.17, 15) is 0 Å². The molecule has 0 spiro atoms. The Balaban J connectivity index is 0.000000720. The average molecular weight is 185 g/mol. The Morgan fingerprint density at radius 1 is 1.25 bits per heavy atom. The van der Waals surface area contributed by atoms with Crippen LogP contribution in [0.1, 0.15) is 0 Å². The van der Waals surface area contributed by atoms with Crippen LogP contribution in [0.25, 0.3) is 11.0 Å². The largest absolute Gasteiger partial charge is 0.464 e. The zero-order chi connectivity index (χ0) is 7.68. The maximum Gasteiger partial charge on any atom is 0.133 e. The van der Waals surface area contributed by atoms with Crippen LogP contribution in [0.4, 0.5) is 5.69 Å². The second-order valence-electron chi connectivity index (χ2n) is 2.32. The first kappa shape index (κ1) is 8.90. The molecule has 1 aromatic carbocycles. The summed E-state index contributed by atoms with van der Waals surface area (Å²) >= 11 is 0. The number of hydrazine groups is 1. The predicted molar refractivity (Wildman–Crippen MR) is 51.3 cm³/mol. The molecule has 12 heavy (non-hydrogen) atoms. The number of nitrogen functional groups attached to an aromatic ring is 1. The number of hydrogen-bond acceptors (Lipinski definition) is 3. The first-order valence-corrected chi connectivity index (χ1v) is 3.34. The Bertz CT molecular complexity index is 372. The summed E-state index contributed by atoms with van der Waals surface area (Å²) in [7, 11) is 0. The molecular weight excluding hydrogens is 176 g/mol. The van der Waals surface area contributed by atoms with E-state index in [1.807, 2.05) is 24.3 Å². The third-order valence-electron chi connectivity index (χ3n) is 1.62. The topological polar surface area (TPSA) is 51.2 Å². The fraction of sp³-hybridized carbons (Fsp3) is 0. The summed E-state index contributed by atoms with van der Waals surface area (Å²) in [5, 5.41) is 1.06. The zero-order valence-electron chi connectivity index (χ0n) is 6.28. The summed E-state index contributed by atoms with van der Waals surface area (Å²) in [6.07, 6.45) is 1.66. The number of benzene rings is 1. The van der Waals surface area contributed by atoms with Gasteiger partial charge in [0.25, 0.3) is 0 Å². The zero-order valence-corrected chi connectivity index (χ0v) is 7.10. The highest BCUT2D eigenvalue weighted by atomic mass is 35.5. The molecule has 0 amide bonds. The third kappa shape index (κ3) is 1.37. The molecule has 3 N–H and O–H groups in total. The van der Waals surface area contributed by atoms with Crippen LogP contribution in [0.5, 0.6) is 0 Å². The fourth-order valence-corrected chi connectivity index (χ4v) is 1.06. The van der Waals surface area contributed by atoms with Gasteiger partial charge in [0, 0.05) is 11.1 Å². The second-order valence-corrected chi connectivity index (χ2v) is 2.32. The molecule has 0 saturated carbocycles. The summed E-state index contributed by atoms with van der Waals surface area (Å²) < 4.78 is 5.15. The maximum absolute atomic E-state index is 5.23. The lowest BCUT2D eigenvalue weighted by atomic mass is 10.2. The van der Waals surface area contributed by atoms with Gasteiger partial charge in [0.15, 0.2) is 0 Å². The molecule has 64 valence electrons. The molecule has 0 aliphatic carbocycles. The molecule has 2 rings (SSSR count). The van der Waals surface area contributed by atoms with E-state index < -0.39 is 0 Å². The number of nitrogens with two attached hydrogens (primary N) is 1. The number of halogens is 1. The molecule has 0 unspecified atom stereocenters. The summed E-state index contributed by atoms with van der Waals surface area (Å²) in [6.45, 7) is 0. The first-order valence-electron chi connectivity index (χ1n) is 3.34. The quantitative estimate of drug-likeness (QED) is 0.528. The molecule has 0 aliphatic rings. The molecular formula is C8H9ClN2O. The number of anilines is 1. The van der Waals surface area contributed by atoms with E-state index in [4.69, 9.17) is 10.3 Å². The van der Waals surface area contributed by atoms with Gasteiger partial charge in [-0.15, -0.1) is 12.4 Å². The van der Waals surface area contributed by atoms with Crippen LogP contribution in [0.3, 0.4) is 0 Å². The van der Waals surface area contributed by atoms with E-state index in [1.54, 1.807) is 6.26 Å². The van der Waals surface area contributed by atoms with Gasteiger partial charge in [-0.05, 0) is 24.3 Å². The molecule has 0 aliphatic heterocycles. The van der Waals surface area contributed by atoms with E-state index in [0.717, 1.165) is 16.7 Å². The molecule has 1 aromatic heterocycles. The monoisotopic (exact) mass is 184 g/mol. The van der Waals surface area contributed by atoms with Crippen LogP contribution in [0, 0.1) is 0 Å². The van der Waals surface area contributed by atoms with Gasteiger partial charge >= 0.3 is 0 Å². The highest BCUT2D eigenvalue weighted by Gasteiger charge is 1.95. The molecule has 0 bridgehead atoms. The normalized spacial score (nSPS) is 9.42. The number of nitrogens with one attached hydrogen (secondary N) is 1. The van der Waals surface area contributed by atoms with Crippen molar-refractivity contribution in [2.24, 2.45) is 5.84 Å². The minimum Gasteiger partial charge on any atom is -0.464 e. The number of fused-ring (bicyclic) bond motifs is 1. The Kier molecular flexibility index (Phi) is 2.58. The Morgan fingerprint density at radius 3 is 2.83 bits per heavy atom. The molecule has 0 fully saturated rings. The maximum atomic E-state index is 5.23. The van der Waals surface area contributed by atoms with Gasteiger partial charge in [0.2, 0.25) is 0 Å². The Labute approximate surface area is 75.9 Å². The molecule has 2 aromatic rings. The summed E-state index contributed by atoms with van der Waals surface area (Å²) in [5.74, 6) is 5.23. The van der Waals surface area contributed by atoms with Crippen molar-refractivity contribution in [3.05, 3.63) is 30.5 Å². The van der Waals surface area contributed by atoms with Crippen LogP contribution < -0.4 is 11.3 Å². The van der Waals surface area contributed by atoms with Gasteiger partial charge in [0.1, 0.15) is 5.58 Å². The number of furan rings is 1. The van der Waals surface area contributed by atoms with Crippen LogP contribution in [-0.4, -0.2) is 0 Å². The van der Waals surface area contributed by atoms with Crippen LogP contribution in [0.15, 0.2) is 34.9 Å². The Morgan fingerprint density at radius 2 is 2.08 bits per heavy atom. The van der Waals surface area contributed by atoms with Crippen LogP contribution in [0.2, 0.25) is 0 Å². The number of rotatable bonds is 1. The van der Waals surface area contributed by atoms with Gasteiger partial charge in [-0.3, -0.25) is 5.84 Å². The minimum absolute atomic E-state index is 0. The smallest absolute Gasteiger partial charge is 0.133 e. The van der Waals surface area contributed by atoms with Crippen molar-refractivity contribution in [2.45, 2.75) is 0 Å². The van der Waals surface area contributed by atoms with Gasteiger partial charge < -0.3 is 9.84 Å². The molecule has 4 heteroatoms. The van der Waals surface area contributed by atoms with Crippen molar-refractivity contribution in [3.8, 4) is 0 Å². The van der Waals surface area contributed by atoms with Crippen LogP contribution in [-0.2, 0) is 0 Å². The van der Waals surface area contributed by atoms with Crippen molar-refractivity contribution < 1.29 is 4.42 Å². The lowest BCUT2D eigenvalue weighted by molar-refractivity contribution is 0.616. The van der Waals surface area contributed by atoms with Crippen molar-refractivity contribution in [3.63, 3.8) is 0 Å². The highest BCUT2D eigenvalue weighted by molar-refractivity contribution is 5.85. The first-order chi connectivity index (χ1) is 5.40. The third-order valence-corrected chi connectivity index (χ3v) is 1.62. The molecule has 0 radical (unpaired) electrons. The SMILES string of the molecule is Cl.NNc1ccc2occc2c1. The predicted octanol–water partition coefficient (Wildman–Crippen LogP) is 2.14. The van der Waals surface area contributed by atoms with Gasteiger partial charge in [-0.25, -0.2) is 0 Å². The van der Waals surface area contributed by atoms with E-state index in [0.29, 0.717) is 0 Å². The van der Waals surface area contributed by atoms with Gasteiger partial charge in [-0.1, -0.05) is 0 Å². The molecule has 1 heterocycles. The molecule has 3 nitrogen and oxygen atoms in total. The van der Waals surface area contributed by atoms with Crippen molar-refractivity contribution in [1.82, 2.24) is 0 Å². The van der Waals surface area contributed by atoms with E-state index in [1.165, 1.54) is 0 Å². The summed E-state index contributed by atoms with van der Waals surface area (Å²) in [6, 6.07) is 7.57. The van der Waals surface area contributed by atoms with E-state index >= 15 is 0 Å². The standard InChI is InChI=1S/C8H8N2O.ClH/c9-10-7-1-2-8-6(5-7)3-4-11-8;/h1-5,10H,9H2;1H. The Hall–Kier alpha value is -1.19. The van der Waals surface area contributed by atoms with Crippen molar-refractivity contribution in [1.29, 1.82) is 0 Å².